The number of nitrogens with zero attached hydrogens (tertiary/aromatic N) is 2. The largest absolute Gasteiger partial charge is 0.497 e. The van der Waals surface area contributed by atoms with E-state index in [-0.39, 0.29) is 17.2 Å². The molecule has 0 aliphatic carbocycles. The normalized spacial score (nSPS) is 10.8. The van der Waals surface area contributed by atoms with Crippen LogP contribution in [-0.4, -0.2) is 35.4 Å². The van der Waals surface area contributed by atoms with Crippen molar-refractivity contribution >= 4 is 44.9 Å². The summed E-state index contributed by atoms with van der Waals surface area (Å²) in [5, 5.41) is 5.18. The zero-order valence-electron chi connectivity index (χ0n) is 17.5. The lowest BCUT2D eigenvalue weighted by Gasteiger charge is -2.13. The van der Waals surface area contributed by atoms with E-state index in [9.17, 15) is 9.59 Å². The highest BCUT2D eigenvalue weighted by Gasteiger charge is 2.15. The third-order valence-corrected chi connectivity index (χ3v) is 6.56. The van der Waals surface area contributed by atoms with Crippen molar-refractivity contribution in [2.45, 2.75) is 11.7 Å². The number of rotatable bonds is 8. The molecule has 0 saturated carbocycles. The lowest BCUT2D eigenvalue weighted by molar-refractivity contribution is -0.113. The molecular weight excluding hydrogens is 446 g/mol. The quantitative estimate of drug-likeness (QED) is 0.308. The first kappa shape index (κ1) is 21.9. The van der Waals surface area contributed by atoms with Crippen molar-refractivity contribution in [3.05, 3.63) is 75.9 Å². The molecule has 0 atom stereocenters. The van der Waals surface area contributed by atoms with Gasteiger partial charge in [-0.15, -0.1) is 11.3 Å². The Hall–Kier alpha value is -3.30. The maximum atomic E-state index is 13.1. The third-order valence-electron chi connectivity index (χ3n) is 4.69. The van der Waals surface area contributed by atoms with Gasteiger partial charge in [0.2, 0.25) is 5.91 Å². The lowest BCUT2D eigenvalue weighted by atomic mass is 10.2. The smallest absolute Gasteiger partial charge is 0.272 e. The first-order valence-electron chi connectivity index (χ1n) is 9.75. The van der Waals surface area contributed by atoms with E-state index >= 15 is 0 Å². The van der Waals surface area contributed by atoms with Gasteiger partial charge in [0, 0.05) is 11.8 Å². The van der Waals surface area contributed by atoms with Crippen LogP contribution < -0.4 is 20.3 Å². The monoisotopic (exact) mass is 467 g/mol. The van der Waals surface area contributed by atoms with Crippen molar-refractivity contribution < 1.29 is 14.3 Å². The summed E-state index contributed by atoms with van der Waals surface area (Å²) in [7, 11) is 3.18. The summed E-state index contributed by atoms with van der Waals surface area (Å²) in [5.41, 5.74) is 2.07. The summed E-state index contributed by atoms with van der Waals surface area (Å²) < 4.78 is 12.7. The second kappa shape index (κ2) is 9.88. The topological polar surface area (TPSA) is 82.4 Å². The van der Waals surface area contributed by atoms with E-state index in [1.165, 1.54) is 23.1 Å². The number of carbonyl (C=O) groups is 1. The van der Waals surface area contributed by atoms with Gasteiger partial charge in [0.15, 0.2) is 5.16 Å². The molecule has 0 aliphatic rings. The lowest BCUT2D eigenvalue weighted by Crippen LogP contribution is -2.24. The zero-order valence-corrected chi connectivity index (χ0v) is 19.2. The Morgan fingerprint density at radius 3 is 2.62 bits per heavy atom. The number of methoxy groups -OCH3 is 2. The Balaban J connectivity index is 1.57. The fourth-order valence-electron chi connectivity index (χ4n) is 3.15. The average molecular weight is 468 g/mol. The van der Waals surface area contributed by atoms with Crippen LogP contribution in [0, 0.1) is 0 Å². The van der Waals surface area contributed by atoms with Gasteiger partial charge in [-0.2, -0.15) is 0 Å². The molecule has 0 saturated heterocycles. The maximum absolute atomic E-state index is 13.1. The van der Waals surface area contributed by atoms with E-state index in [2.05, 4.69) is 10.3 Å². The number of amides is 1. The molecule has 2 aromatic heterocycles. The predicted molar refractivity (Wildman–Crippen MR) is 128 cm³/mol. The van der Waals surface area contributed by atoms with E-state index in [0.29, 0.717) is 39.1 Å². The van der Waals surface area contributed by atoms with Crippen LogP contribution in [0.4, 0.5) is 5.69 Å². The van der Waals surface area contributed by atoms with Crippen LogP contribution in [0.15, 0.2) is 69.9 Å². The highest BCUT2D eigenvalue weighted by molar-refractivity contribution is 7.99. The van der Waals surface area contributed by atoms with Gasteiger partial charge >= 0.3 is 0 Å². The van der Waals surface area contributed by atoms with Gasteiger partial charge in [-0.3, -0.25) is 14.2 Å². The number of hydrogen-bond acceptors (Lipinski definition) is 7. The minimum absolute atomic E-state index is 0.109. The van der Waals surface area contributed by atoms with Crippen LogP contribution in [0.25, 0.3) is 10.2 Å². The number of thiophene rings is 1. The van der Waals surface area contributed by atoms with Crippen molar-refractivity contribution in [1.82, 2.24) is 9.55 Å². The van der Waals surface area contributed by atoms with Crippen LogP contribution in [0.3, 0.4) is 0 Å². The van der Waals surface area contributed by atoms with Crippen LogP contribution in [0.1, 0.15) is 5.56 Å². The molecule has 0 spiro atoms. The SMILES string of the molecule is COc1cccc(Cn2c(SCC(=O)Nc3cccc(OC)c3)nc3ccsc3c2=O)c1. The van der Waals surface area contributed by atoms with E-state index in [1.807, 2.05) is 41.8 Å². The fourth-order valence-corrected chi connectivity index (χ4v) is 4.73. The molecule has 2 aromatic carbocycles. The molecule has 0 radical (unpaired) electrons. The Kier molecular flexibility index (Phi) is 6.77. The molecule has 1 amide bonds. The standard InChI is InChI=1S/C23H21N3O4S2/c1-29-17-7-3-5-15(11-17)13-26-22(28)21-19(9-10-31-21)25-23(26)32-14-20(27)24-16-6-4-8-18(12-16)30-2/h3-12H,13-14H2,1-2H3,(H,24,27). The summed E-state index contributed by atoms with van der Waals surface area (Å²) in [4.78, 5) is 30.3. The molecule has 164 valence electrons. The molecule has 4 rings (SSSR count). The number of benzene rings is 2. The van der Waals surface area contributed by atoms with Crippen LogP contribution in [0.2, 0.25) is 0 Å². The number of anilines is 1. The molecule has 2 heterocycles. The van der Waals surface area contributed by atoms with E-state index < -0.39 is 0 Å². The molecule has 4 aromatic rings. The first-order chi connectivity index (χ1) is 15.6. The summed E-state index contributed by atoms with van der Waals surface area (Å²) in [5.74, 6) is 1.29. The Morgan fingerprint density at radius 1 is 1.09 bits per heavy atom. The molecule has 32 heavy (non-hydrogen) atoms. The van der Waals surface area contributed by atoms with Crippen molar-refractivity contribution in [1.29, 1.82) is 0 Å². The number of nitrogens with one attached hydrogen (secondary N) is 1. The van der Waals surface area contributed by atoms with Gasteiger partial charge in [0.05, 0.1) is 32.0 Å². The number of thioether (sulfide) groups is 1. The molecule has 7 nitrogen and oxygen atoms in total. The zero-order chi connectivity index (χ0) is 22.5. The minimum atomic E-state index is -0.198. The van der Waals surface area contributed by atoms with E-state index in [1.54, 1.807) is 37.0 Å². The first-order valence-corrected chi connectivity index (χ1v) is 11.6. The van der Waals surface area contributed by atoms with Crippen LogP contribution >= 0.6 is 23.1 Å². The summed E-state index contributed by atoms with van der Waals surface area (Å²) in [6.07, 6.45) is 0. The van der Waals surface area contributed by atoms with Gasteiger partial charge in [0.1, 0.15) is 16.2 Å². The second-order valence-electron chi connectivity index (χ2n) is 6.84. The second-order valence-corrected chi connectivity index (χ2v) is 8.70. The Morgan fingerprint density at radius 2 is 1.84 bits per heavy atom. The molecule has 1 N–H and O–H groups in total. The predicted octanol–water partition coefficient (Wildman–Crippen LogP) is 4.25. The number of ether oxygens (including phenoxy) is 2. The van der Waals surface area contributed by atoms with Crippen molar-refractivity contribution in [3.63, 3.8) is 0 Å². The van der Waals surface area contributed by atoms with E-state index in [0.717, 1.165) is 5.56 Å². The number of fused-ring (bicyclic) bond motifs is 1. The summed E-state index contributed by atoms with van der Waals surface area (Å²) in [6.45, 7) is 0.330. The number of hydrogen-bond donors (Lipinski definition) is 1. The number of aromatic nitrogens is 2. The molecular formula is C23H21N3O4S2. The highest BCUT2D eigenvalue weighted by atomic mass is 32.2. The Labute approximate surface area is 193 Å². The average Bonchev–Trinajstić information content (AvgIpc) is 3.29. The van der Waals surface area contributed by atoms with Gasteiger partial charge in [-0.25, -0.2) is 4.98 Å². The highest BCUT2D eigenvalue weighted by Crippen LogP contribution is 2.23. The minimum Gasteiger partial charge on any atom is -0.497 e. The van der Waals surface area contributed by atoms with Gasteiger partial charge < -0.3 is 14.8 Å². The van der Waals surface area contributed by atoms with Crippen LogP contribution in [-0.2, 0) is 11.3 Å². The third kappa shape index (κ3) is 4.95. The molecule has 0 aliphatic heterocycles. The molecule has 0 unspecified atom stereocenters. The maximum Gasteiger partial charge on any atom is 0.272 e. The van der Waals surface area contributed by atoms with Crippen LogP contribution in [0.5, 0.6) is 11.5 Å². The van der Waals surface area contributed by atoms with Crippen molar-refractivity contribution in [2.75, 3.05) is 25.3 Å². The molecule has 0 bridgehead atoms. The van der Waals surface area contributed by atoms with Gasteiger partial charge in [-0.05, 0) is 41.3 Å². The van der Waals surface area contributed by atoms with Gasteiger partial charge in [-0.1, -0.05) is 30.0 Å². The summed E-state index contributed by atoms with van der Waals surface area (Å²) >= 11 is 2.59. The Bertz CT molecular complexity index is 1320. The van der Waals surface area contributed by atoms with E-state index in [4.69, 9.17) is 9.47 Å². The van der Waals surface area contributed by atoms with Gasteiger partial charge in [0.25, 0.3) is 5.56 Å². The number of carbonyl (C=O) groups excluding carboxylic acids is 1. The summed E-state index contributed by atoms with van der Waals surface area (Å²) in [6, 6.07) is 16.5. The van der Waals surface area contributed by atoms with Crippen molar-refractivity contribution in [3.8, 4) is 11.5 Å². The van der Waals surface area contributed by atoms with Crippen molar-refractivity contribution in [2.24, 2.45) is 0 Å². The molecule has 9 heteroatoms. The fraction of sp³-hybridized carbons (Fsp3) is 0.174. The molecule has 0 fully saturated rings.